The Kier molecular flexibility index (Phi) is 5.53. The maximum absolute atomic E-state index is 11.7. The lowest BCUT2D eigenvalue weighted by atomic mass is 10.5. The van der Waals surface area contributed by atoms with E-state index in [0.717, 1.165) is 4.90 Å². The highest BCUT2D eigenvalue weighted by molar-refractivity contribution is 7.51. The van der Waals surface area contributed by atoms with Crippen LogP contribution in [0.25, 0.3) is 0 Å². The Hall–Kier alpha value is -1.17. The molecular weight excluding hydrogens is 263 g/mol. The van der Waals surface area contributed by atoms with Crippen LogP contribution in [0, 0.1) is 11.3 Å². The minimum absolute atomic E-state index is 0.388. The van der Waals surface area contributed by atoms with Gasteiger partial charge in [-0.05, 0) is 0 Å². The van der Waals surface area contributed by atoms with Crippen molar-refractivity contribution in [3.05, 3.63) is 0 Å². The van der Waals surface area contributed by atoms with Crippen LogP contribution in [0.3, 0.4) is 0 Å². The van der Waals surface area contributed by atoms with E-state index in [1.807, 2.05) is 0 Å². The zero-order chi connectivity index (χ0) is 13.6. The molecule has 0 aliphatic carbocycles. The summed E-state index contributed by atoms with van der Waals surface area (Å²) in [7, 11) is -4.39. The molecule has 0 saturated carbocycles. The number of nitrogens with zero attached hydrogens (tertiary/aromatic N) is 3. The molecule has 0 unspecified atom stereocenters. The Bertz CT molecular complexity index is 372. The fourth-order valence-corrected chi connectivity index (χ4v) is 2.05. The molecule has 1 rings (SSSR count). The van der Waals surface area contributed by atoms with Gasteiger partial charge in [-0.25, -0.2) is 9.80 Å². The highest BCUT2D eigenvalue weighted by atomic mass is 31.2. The number of hydrazine groups is 1. The maximum Gasteiger partial charge on any atom is 0.344 e. The van der Waals surface area contributed by atoms with Crippen LogP contribution in [0.2, 0.25) is 0 Å². The molecule has 0 aromatic rings. The minimum atomic E-state index is -4.39. The summed E-state index contributed by atoms with van der Waals surface area (Å²) in [4.78, 5) is 30.1. The molecule has 10 heteroatoms. The smallest absolute Gasteiger partial charge is 0.344 e. The lowest BCUT2D eigenvalue weighted by Crippen LogP contribution is -2.53. The Morgan fingerprint density at radius 1 is 1.50 bits per heavy atom. The second-order valence-corrected chi connectivity index (χ2v) is 5.29. The number of amides is 2. The van der Waals surface area contributed by atoms with Crippen LogP contribution in [-0.2, 0) is 9.30 Å². The van der Waals surface area contributed by atoms with Crippen molar-refractivity contribution in [3.63, 3.8) is 0 Å². The number of hydrogen-bond acceptors (Lipinski definition) is 5. The molecule has 1 heterocycles. The molecule has 3 N–H and O–H groups in total. The predicted octanol–water partition coefficient (Wildman–Crippen LogP) is -1.10. The first kappa shape index (κ1) is 14.9. The van der Waals surface area contributed by atoms with Gasteiger partial charge in [-0.1, -0.05) is 0 Å². The molecule has 0 bridgehead atoms. The third kappa shape index (κ3) is 5.44. The third-order valence-corrected chi connectivity index (χ3v) is 2.88. The lowest BCUT2D eigenvalue weighted by Gasteiger charge is -2.29. The first-order valence-corrected chi connectivity index (χ1v) is 7.02. The van der Waals surface area contributed by atoms with Gasteiger partial charge in [0.1, 0.15) is 12.8 Å². The summed E-state index contributed by atoms with van der Waals surface area (Å²) in [5.41, 5.74) is 2.47. The number of morpholine rings is 1. The lowest BCUT2D eigenvalue weighted by molar-refractivity contribution is 0.0166. The summed E-state index contributed by atoms with van der Waals surface area (Å²) in [6.45, 7) is 1.53. The van der Waals surface area contributed by atoms with Crippen molar-refractivity contribution in [1.29, 1.82) is 5.26 Å². The van der Waals surface area contributed by atoms with Crippen LogP contribution in [0.4, 0.5) is 4.79 Å². The van der Waals surface area contributed by atoms with Gasteiger partial charge >= 0.3 is 13.6 Å². The van der Waals surface area contributed by atoms with E-state index in [4.69, 9.17) is 19.8 Å². The molecule has 1 saturated heterocycles. The van der Waals surface area contributed by atoms with E-state index < -0.39 is 19.9 Å². The first-order valence-electron chi connectivity index (χ1n) is 5.22. The fraction of sp³-hybridized carbons (Fsp3) is 0.750. The number of nitriles is 1. The van der Waals surface area contributed by atoms with Gasteiger partial charge in [0.2, 0.25) is 0 Å². The monoisotopic (exact) mass is 278 g/mol. The van der Waals surface area contributed by atoms with Crippen molar-refractivity contribution in [2.75, 3.05) is 39.1 Å². The molecule has 0 radical (unpaired) electrons. The molecule has 1 fully saturated rings. The van der Waals surface area contributed by atoms with Crippen molar-refractivity contribution in [2.24, 2.45) is 0 Å². The standard InChI is InChI=1S/C8H15N4O5P/c9-1-2-11(7-18(14,15)16)8(13)10-12-3-5-17-6-4-12/h2-7H2,(H,10,13)(H2,14,15,16). The van der Waals surface area contributed by atoms with Crippen LogP contribution in [0.15, 0.2) is 0 Å². The van der Waals surface area contributed by atoms with Gasteiger partial charge in [0, 0.05) is 13.1 Å². The number of hydrogen-bond donors (Lipinski definition) is 3. The SMILES string of the molecule is N#CCN(CP(=O)(O)O)C(=O)NN1CCOCC1. The van der Waals surface area contributed by atoms with E-state index >= 15 is 0 Å². The van der Waals surface area contributed by atoms with Gasteiger partial charge in [0.15, 0.2) is 0 Å². The highest BCUT2D eigenvalue weighted by Crippen LogP contribution is 2.34. The molecule has 0 spiro atoms. The van der Waals surface area contributed by atoms with Crippen molar-refractivity contribution in [3.8, 4) is 6.07 Å². The maximum atomic E-state index is 11.7. The largest absolute Gasteiger partial charge is 0.379 e. The van der Waals surface area contributed by atoms with Crippen LogP contribution in [0.1, 0.15) is 0 Å². The summed E-state index contributed by atoms with van der Waals surface area (Å²) < 4.78 is 15.9. The molecule has 0 aromatic carbocycles. The van der Waals surface area contributed by atoms with E-state index in [1.54, 1.807) is 11.1 Å². The highest BCUT2D eigenvalue weighted by Gasteiger charge is 2.25. The molecule has 0 aromatic heterocycles. The van der Waals surface area contributed by atoms with Crippen LogP contribution < -0.4 is 5.43 Å². The normalized spacial score (nSPS) is 16.9. The molecule has 1 aliphatic rings. The third-order valence-electron chi connectivity index (χ3n) is 2.17. The Balaban J connectivity index is 2.53. The fourth-order valence-electron chi connectivity index (χ4n) is 1.37. The van der Waals surface area contributed by atoms with Crippen molar-refractivity contribution >= 4 is 13.6 Å². The zero-order valence-corrected chi connectivity index (χ0v) is 10.5. The van der Waals surface area contributed by atoms with Gasteiger partial charge in [-0.15, -0.1) is 0 Å². The second kappa shape index (κ2) is 6.68. The van der Waals surface area contributed by atoms with Crippen LogP contribution in [-0.4, -0.2) is 64.9 Å². The van der Waals surface area contributed by atoms with Gasteiger partial charge in [0.05, 0.1) is 19.3 Å². The van der Waals surface area contributed by atoms with Crippen molar-refractivity contribution in [1.82, 2.24) is 15.3 Å². The Morgan fingerprint density at radius 2 is 2.11 bits per heavy atom. The summed E-state index contributed by atoms with van der Waals surface area (Å²) in [6, 6.07) is 0.980. The van der Waals surface area contributed by atoms with Gasteiger partial charge in [0.25, 0.3) is 0 Å². The van der Waals surface area contributed by atoms with E-state index in [9.17, 15) is 9.36 Å². The molecule has 102 valence electrons. The van der Waals surface area contributed by atoms with E-state index in [1.165, 1.54) is 0 Å². The summed E-state index contributed by atoms with van der Waals surface area (Å²) in [6.07, 6.45) is -0.781. The molecule has 9 nitrogen and oxygen atoms in total. The van der Waals surface area contributed by atoms with E-state index in [-0.39, 0.29) is 6.54 Å². The molecule has 1 aliphatic heterocycles. The summed E-state index contributed by atoms with van der Waals surface area (Å²) >= 11 is 0. The number of ether oxygens (including phenoxy) is 1. The average Bonchev–Trinajstić information content (AvgIpc) is 2.28. The number of urea groups is 1. The molecule has 2 amide bonds. The van der Waals surface area contributed by atoms with Crippen LogP contribution in [0.5, 0.6) is 0 Å². The molecular formula is C8H15N4O5P. The number of carbonyl (C=O) groups is 1. The van der Waals surface area contributed by atoms with E-state index in [2.05, 4.69) is 5.43 Å². The van der Waals surface area contributed by atoms with Crippen molar-refractivity contribution < 1.29 is 23.9 Å². The number of rotatable bonds is 4. The van der Waals surface area contributed by atoms with Gasteiger partial charge in [-0.3, -0.25) is 14.9 Å². The summed E-state index contributed by atoms with van der Waals surface area (Å²) in [5.74, 6) is 0. The summed E-state index contributed by atoms with van der Waals surface area (Å²) in [5, 5.41) is 10.1. The Labute approximate surface area is 104 Å². The quantitative estimate of drug-likeness (QED) is 0.440. The minimum Gasteiger partial charge on any atom is -0.379 e. The molecule has 18 heavy (non-hydrogen) atoms. The van der Waals surface area contributed by atoms with Gasteiger partial charge in [-0.2, -0.15) is 5.26 Å². The van der Waals surface area contributed by atoms with Crippen molar-refractivity contribution in [2.45, 2.75) is 0 Å². The van der Waals surface area contributed by atoms with Crippen LogP contribution >= 0.6 is 7.60 Å². The first-order chi connectivity index (χ1) is 8.42. The number of carbonyl (C=O) groups excluding carboxylic acids is 1. The van der Waals surface area contributed by atoms with E-state index in [0.29, 0.717) is 26.3 Å². The zero-order valence-electron chi connectivity index (χ0n) is 9.65. The second-order valence-electron chi connectivity index (χ2n) is 3.68. The molecule has 0 atom stereocenters. The predicted molar refractivity (Wildman–Crippen MR) is 60.2 cm³/mol. The Morgan fingerprint density at radius 3 is 2.61 bits per heavy atom. The number of nitrogens with one attached hydrogen (secondary N) is 1. The topological polar surface area (TPSA) is 126 Å². The average molecular weight is 278 g/mol. The van der Waals surface area contributed by atoms with Gasteiger partial charge < -0.3 is 14.5 Å².